The van der Waals surface area contributed by atoms with Crippen LogP contribution in [0, 0.1) is 10.1 Å². The molecule has 2 rings (SSSR count). The predicted molar refractivity (Wildman–Crippen MR) is 78.4 cm³/mol. The number of hydrogen-bond acceptors (Lipinski definition) is 5. The van der Waals surface area contributed by atoms with E-state index in [0.29, 0.717) is 20.9 Å². The fraction of sp³-hybridized carbons (Fsp3) is 0.231. The van der Waals surface area contributed by atoms with Gasteiger partial charge in [0, 0.05) is 18.1 Å². The van der Waals surface area contributed by atoms with Crippen LogP contribution in [0.1, 0.15) is 25.6 Å². The van der Waals surface area contributed by atoms with Gasteiger partial charge in [-0.1, -0.05) is 49.3 Å². The summed E-state index contributed by atoms with van der Waals surface area (Å²) >= 11 is 7.18. The Morgan fingerprint density at radius 3 is 2.65 bits per heavy atom. The smallest absolute Gasteiger partial charge is 0.258 e. The Hall–Kier alpha value is -1.66. The largest absolute Gasteiger partial charge is 0.283 e. The molecule has 104 valence electrons. The van der Waals surface area contributed by atoms with E-state index in [4.69, 9.17) is 11.6 Å². The van der Waals surface area contributed by atoms with E-state index >= 15 is 0 Å². The Morgan fingerprint density at radius 2 is 2.00 bits per heavy atom. The first-order chi connectivity index (χ1) is 9.47. The lowest BCUT2D eigenvalue weighted by atomic mass is 10.2. The maximum atomic E-state index is 11.0. The van der Waals surface area contributed by atoms with E-state index in [1.165, 1.54) is 17.8 Å². The van der Waals surface area contributed by atoms with Gasteiger partial charge in [-0.15, -0.1) is 0 Å². The molecule has 0 spiro atoms. The van der Waals surface area contributed by atoms with Crippen LogP contribution in [-0.4, -0.2) is 14.9 Å². The van der Waals surface area contributed by atoms with Gasteiger partial charge in [0.2, 0.25) is 0 Å². The molecule has 1 aromatic heterocycles. The molecule has 0 aliphatic carbocycles. The average Bonchev–Trinajstić information content (AvgIpc) is 2.38. The van der Waals surface area contributed by atoms with Crippen LogP contribution >= 0.6 is 23.4 Å². The predicted octanol–water partition coefficient (Wildman–Crippen LogP) is 4.31. The Morgan fingerprint density at radius 1 is 1.30 bits per heavy atom. The van der Waals surface area contributed by atoms with Crippen molar-refractivity contribution in [2.24, 2.45) is 0 Å². The van der Waals surface area contributed by atoms with Crippen molar-refractivity contribution >= 4 is 29.1 Å². The van der Waals surface area contributed by atoms with Gasteiger partial charge in [0.05, 0.1) is 9.82 Å². The van der Waals surface area contributed by atoms with Gasteiger partial charge < -0.3 is 0 Å². The first kappa shape index (κ1) is 14.7. The summed E-state index contributed by atoms with van der Waals surface area (Å²) in [6.07, 6.45) is 0. The number of nitrogens with zero attached hydrogens (tertiary/aromatic N) is 3. The molecule has 1 heterocycles. The average molecular weight is 310 g/mol. The summed E-state index contributed by atoms with van der Waals surface area (Å²) in [6.45, 7) is 3.93. The molecule has 0 aliphatic rings. The van der Waals surface area contributed by atoms with Crippen LogP contribution in [0.15, 0.2) is 40.3 Å². The van der Waals surface area contributed by atoms with Crippen LogP contribution in [0.3, 0.4) is 0 Å². The Bertz CT molecular complexity index is 649. The third-order valence-corrected chi connectivity index (χ3v) is 3.66. The second-order valence-electron chi connectivity index (χ2n) is 4.37. The number of aromatic nitrogens is 2. The highest BCUT2D eigenvalue weighted by molar-refractivity contribution is 7.99. The maximum Gasteiger partial charge on any atom is 0.283 e. The van der Waals surface area contributed by atoms with Crippen LogP contribution in [0.4, 0.5) is 5.69 Å². The molecule has 0 saturated heterocycles. The van der Waals surface area contributed by atoms with E-state index in [1.807, 2.05) is 13.8 Å². The fourth-order valence-electron chi connectivity index (χ4n) is 1.53. The number of para-hydroxylation sites is 1. The number of halogens is 1. The first-order valence-corrected chi connectivity index (χ1v) is 7.12. The zero-order valence-corrected chi connectivity index (χ0v) is 12.5. The molecule has 5 nitrogen and oxygen atoms in total. The minimum atomic E-state index is -0.408. The number of hydrogen-bond donors (Lipinski definition) is 0. The van der Waals surface area contributed by atoms with Crippen molar-refractivity contribution < 1.29 is 4.92 Å². The number of rotatable bonds is 4. The van der Waals surface area contributed by atoms with Crippen molar-refractivity contribution in [3.8, 4) is 0 Å². The minimum absolute atomic E-state index is 0.0540. The highest BCUT2D eigenvalue weighted by Crippen LogP contribution is 2.34. The van der Waals surface area contributed by atoms with Crippen molar-refractivity contribution in [2.75, 3.05) is 0 Å². The number of nitro groups is 1. The lowest BCUT2D eigenvalue weighted by Crippen LogP contribution is -1.99. The normalized spacial score (nSPS) is 10.8. The van der Waals surface area contributed by atoms with E-state index in [-0.39, 0.29) is 11.6 Å². The number of benzene rings is 1. The monoisotopic (exact) mass is 309 g/mol. The van der Waals surface area contributed by atoms with Gasteiger partial charge in [0.1, 0.15) is 16.0 Å². The lowest BCUT2D eigenvalue weighted by molar-refractivity contribution is -0.387. The van der Waals surface area contributed by atoms with Crippen molar-refractivity contribution in [3.63, 3.8) is 0 Å². The van der Waals surface area contributed by atoms with Gasteiger partial charge in [0.25, 0.3) is 5.69 Å². The highest BCUT2D eigenvalue weighted by atomic mass is 35.5. The van der Waals surface area contributed by atoms with Gasteiger partial charge >= 0.3 is 0 Å². The molecule has 2 aromatic rings. The molecule has 20 heavy (non-hydrogen) atoms. The topological polar surface area (TPSA) is 68.9 Å². The van der Waals surface area contributed by atoms with Crippen LogP contribution in [-0.2, 0) is 0 Å². The van der Waals surface area contributed by atoms with E-state index in [9.17, 15) is 10.1 Å². The first-order valence-electron chi connectivity index (χ1n) is 5.93. The van der Waals surface area contributed by atoms with E-state index in [0.717, 1.165) is 0 Å². The van der Waals surface area contributed by atoms with E-state index < -0.39 is 4.92 Å². The summed E-state index contributed by atoms with van der Waals surface area (Å²) in [5, 5.41) is 11.9. The molecular formula is C13H12ClN3O2S. The quantitative estimate of drug-likeness (QED) is 0.478. The van der Waals surface area contributed by atoms with Crippen molar-refractivity contribution in [1.29, 1.82) is 0 Å². The molecule has 0 aliphatic heterocycles. The molecule has 1 aromatic carbocycles. The molecule has 0 bridgehead atoms. The van der Waals surface area contributed by atoms with Gasteiger partial charge in [-0.05, 0) is 6.07 Å². The summed E-state index contributed by atoms with van der Waals surface area (Å²) in [6, 6.07) is 8.15. The van der Waals surface area contributed by atoms with Crippen LogP contribution in [0.5, 0.6) is 0 Å². The Balaban J connectivity index is 2.38. The summed E-state index contributed by atoms with van der Waals surface area (Å²) in [7, 11) is 0. The molecule has 0 saturated carbocycles. The molecule has 0 amide bonds. The Kier molecular flexibility index (Phi) is 4.57. The second kappa shape index (κ2) is 6.19. The van der Waals surface area contributed by atoms with Crippen molar-refractivity contribution in [1.82, 2.24) is 9.97 Å². The van der Waals surface area contributed by atoms with Crippen molar-refractivity contribution in [3.05, 3.63) is 51.4 Å². The van der Waals surface area contributed by atoms with Gasteiger partial charge in [-0.25, -0.2) is 9.97 Å². The zero-order chi connectivity index (χ0) is 14.7. The van der Waals surface area contributed by atoms with Gasteiger partial charge in [-0.2, -0.15) is 0 Å². The van der Waals surface area contributed by atoms with Crippen LogP contribution in [0.2, 0.25) is 5.15 Å². The molecule has 0 radical (unpaired) electrons. The zero-order valence-electron chi connectivity index (χ0n) is 10.9. The summed E-state index contributed by atoms with van der Waals surface area (Å²) in [5.74, 6) is 0.761. The molecule has 0 atom stereocenters. The standard InChI is InChI=1S/C13H12ClN3O2S/c1-8(2)13-15-11(14)7-12(16-13)20-10-6-4-3-5-9(10)17(18)19/h3-8H,1-2H3. The van der Waals surface area contributed by atoms with Gasteiger partial charge in [-0.3, -0.25) is 10.1 Å². The molecule has 0 N–H and O–H groups in total. The minimum Gasteiger partial charge on any atom is -0.258 e. The molecular weight excluding hydrogens is 298 g/mol. The van der Waals surface area contributed by atoms with Crippen LogP contribution < -0.4 is 0 Å². The molecule has 0 fully saturated rings. The summed E-state index contributed by atoms with van der Waals surface area (Å²) < 4.78 is 0. The summed E-state index contributed by atoms with van der Waals surface area (Å²) in [4.78, 5) is 19.6. The highest BCUT2D eigenvalue weighted by Gasteiger charge is 2.15. The van der Waals surface area contributed by atoms with E-state index in [2.05, 4.69) is 9.97 Å². The fourth-order valence-corrected chi connectivity index (χ4v) is 2.71. The molecule has 0 unspecified atom stereocenters. The third-order valence-electron chi connectivity index (χ3n) is 2.48. The van der Waals surface area contributed by atoms with Crippen molar-refractivity contribution in [2.45, 2.75) is 29.7 Å². The SMILES string of the molecule is CC(C)c1nc(Cl)cc(Sc2ccccc2[N+](=O)[O-])n1. The van der Waals surface area contributed by atoms with E-state index in [1.54, 1.807) is 24.3 Å². The number of nitro benzene ring substituents is 1. The maximum absolute atomic E-state index is 11.0. The van der Waals surface area contributed by atoms with Crippen LogP contribution in [0.25, 0.3) is 0 Å². The lowest BCUT2D eigenvalue weighted by Gasteiger charge is -2.07. The summed E-state index contributed by atoms with van der Waals surface area (Å²) in [5.41, 5.74) is 0.0540. The second-order valence-corrected chi connectivity index (χ2v) is 5.82. The third kappa shape index (κ3) is 3.46. The van der Waals surface area contributed by atoms with Gasteiger partial charge in [0.15, 0.2) is 0 Å². The molecule has 7 heteroatoms. The Labute approximate surface area is 125 Å².